The van der Waals surface area contributed by atoms with Gasteiger partial charge < -0.3 is 25.2 Å². The van der Waals surface area contributed by atoms with Crippen LogP contribution in [0.2, 0.25) is 0 Å². The van der Waals surface area contributed by atoms with Gasteiger partial charge in [-0.25, -0.2) is 0 Å². The maximum Gasteiger partial charge on any atom is 0.311 e. The SMILES string of the molecule is CCCC(C)(C)C(=O)OC1CC(O)C=C2C=CC(C)C(CCC(O)CC(O)CC(=O)O)C21. The minimum absolute atomic E-state index is 0.0128. The maximum atomic E-state index is 12.9. The number of aliphatic hydroxyl groups excluding tert-OH is 3. The summed E-state index contributed by atoms with van der Waals surface area (Å²) in [5.74, 6) is -1.14. The molecule has 0 aromatic rings. The van der Waals surface area contributed by atoms with Crippen LogP contribution < -0.4 is 0 Å². The summed E-state index contributed by atoms with van der Waals surface area (Å²) in [6, 6.07) is 0. The van der Waals surface area contributed by atoms with Crippen LogP contribution >= 0.6 is 0 Å². The highest BCUT2D eigenvalue weighted by Crippen LogP contribution is 2.44. The summed E-state index contributed by atoms with van der Waals surface area (Å²) in [6.07, 6.45) is 5.50. The van der Waals surface area contributed by atoms with Crippen LogP contribution in [0.5, 0.6) is 0 Å². The van der Waals surface area contributed by atoms with Crippen molar-refractivity contribution in [1.29, 1.82) is 0 Å². The maximum absolute atomic E-state index is 12.9. The van der Waals surface area contributed by atoms with Gasteiger partial charge in [0.1, 0.15) is 6.10 Å². The molecule has 182 valence electrons. The normalized spacial score (nSPS) is 29.6. The average Bonchev–Trinajstić information content (AvgIpc) is 2.66. The number of fused-ring (bicyclic) bond motifs is 1. The third-order valence-corrected chi connectivity index (χ3v) is 6.85. The van der Waals surface area contributed by atoms with Crippen LogP contribution in [0.15, 0.2) is 23.8 Å². The molecule has 2 rings (SSSR count). The zero-order valence-corrected chi connectivity index (χ0v) is 19.7. The number of carbonyl (C=O) groups is 2. The molecule has 7 nitrogen and oxygen atoms in total. The highest BCUT2D eigenvalue weighted by molar-refractivity contribution is 5.76. The zero-order valence-electron chi connectivity index (χ0n) is 19.7. The lowest BCUT2D eigenvalue weighted by Crippen LogP contribution is -2.44. The molecule has 0 aliphatic heterocycles. The first-order valence-electron chi connectivity index (χ1n) is 11.8. The Morgan fingerprint density at radius 2 is 1.94 bits per heavy atom. The quantitative estimate of drug-likeness (QED) is 0.355. The summed E-state index contributed by atoms with van der Waals surface area (Å²) >= 11 is 0. The summed E-state index contributed by atoms with van der Waals surface area (Å²) in [4.78, 5) is 23.7. The number of carboxylic acids is 1. The Morgan fingerprint density at radius 3 is 2.56 bits per heavy atom. The molecule has 2 aliphatic rings. The van der Waals surface area contributed by atoms with E-state index < -0.39 is 42.2 Å². The minimum atomic E-state index is -1.10. The molecule has 0 saturated heterocycles. The van der Waals surface area contributed by atoms with Crippen molar-refractivity contribution < 1.29 is 34.8 Å². The number of carbonyl (C=O) groups excluding carboxylic acids is 1. The van der Waals surface area contributed by atoms with Crippen LogP contribution in [-0.2, 0) is 14.3 Å². The van der Waals surface area contributed by atoms with E-state index >= 15 is 0 Å². The van der Waals surface area contributed by atoms with E-state index in [0.717, 1.165) is 18.4 Å². The summed E-state index contributed by atoms with van der Waals surface area (Å²) in [5, 5.41) is 39.3. The number of aliphatic hydroxyl groups is 3. The van der Waals surface area contributed by atoms with Gasteiger partial charge in [0.05, 0.1) is 30.1 Å². The summed E-state index contributed by atoms with van der Waals surface area (Å²) in [5.41, 5.74) is 0.363. The molecule has 0 saturated carbocycles. The molecule has 7 heteroatoms. The summed E-state index contributed by atoms with van der Waals surface area (Å²) in [6.45, 7) is 7.89. The fourth-order valence-corrected chi connectivity index (χ4v) is 5.11. The smallest absolute Gasteiger partial charge is 0.311 e. The van der Waals surface area contributed by atoms with E-state index in [1.165, 1.54) is 0 Å². The lowest BCUT2D eigenvalue weighted by Gasteiger charge is -2.43. The van der Waals surface area contributed by atoms with Crippen molar-refractivity contribution in [3.8, 4) is 0 Å². The molecule has 0 bridgehead atoms. The Kier molecular flexibility index (Phi) is 9.49. The van der Waals surface area contributed by atoms with Gasteiger partial charge in [0.2, 0.25) is 0 Å². The molecule has 0 radical (unpaired) electrons. The summed E-state index contributed by atoms with van der Waals surface area (Å²) in [7, 11) is 0. The van der Waals surface area contributed by atoms with E-state index in [2.05, 4.69) is 13.0 Å². The first-order valence-corrected chi connectivity index (χ1v) is 11.8. The van der Waals surface area contributed by atoms with Gasteiger partial charge in [0.15, 0.2) is 0 Å². The van der Waals surface area contributed by atoms with Crippen molar-refractivity contribution in [2.75, 3.05) is 0 Å². The second-order valence-corrected chi connectivity index (χ2v) is 10.2. The van der Waals surface area contributed by atoms with Gasteiger partial charge in [-0.1, -0.05) is 38.5 Å². The van der Waals surface area contributed by atoms with Crippen LogP contribution in [-0.4, -0.2) is 56.8 Å². The molecule has 4 N–H and O–H groups in total. The molecule has 0 spiro atoms. The molecular weight excluding hydrogens is 412 g/mol. The number of ether oxygens (including phenoxy) is 1. The van der Waals surface area contributed by atoms with Gasteiger partial charge >= 0.3 is 11.9 Å². The molecule has 0 aromatic carbocycles. The molecule has 7 unspecified atom stereocenters. The fourth-order valence-electron chi connectivity index (χ4n) is 5.11. The fraction of sp³-hybridized carbons (Fsp3) is 0.760. The predicted octanol–water partition coefficient (Wildman–Crippen LogP) is 3.22. The third kappa shape index (κ3) is 7.15. The molecule has 0 fully saturated rings. The standard InChI is InChI=1S/C25H40O7/c1-5-10-25(3,4)24(31)32-21-13-18(27)11-16-7-6-15(2)20(23(16)21)9-8-17(26)12-19(28)14-22(29)30/h6-7,11,15,17-21,23,26-28H,5,8-10,12-14H2,1-4H3,(H,29,30). The Hall–Kier alpha value is -1.70. The van der Waals surface area contributed by atoms with Gasteiger partial charge in [-0.15, -0.1) is 0 Å². The minimum Gasteiger partial charge on any atom is -0.481 e. The van der Waals surface area contributed by atoms with Crippen molar-refractivity contribution in [3.05, 3.63) is 23.8 Å². The average molecular weight is 453 g/mol. The Balaban J connectivity index is 2.12. The zero-order chi connectivity index (χ0) is 24.1. The lowest BCUT2D eigenvalue weighted by molar-refractivity contribution is -0.165. The second kappa shape index (κ2) is 11.4. The first kappa shape index (κ1) is 26.6. The Labute approximate surface area is 191 Å². The molecule has 7 atom stereocenters. The van der Waals surface area contributed by atoms with E-state index in [4.69, 9.17) is 9.84 Å². The predicted molar refractivity (Wildman–Crippen MR) is 121 cm³/mol. The number of hydrogen-bond acceptors (Lipinski definition) is 6. The van der Waals surface area contributed by atoms with Crippen molar-refractivity contribution in [2.24, 2.45) is 23.2 Å². The van der Waals surface area contributed by atoms with Crippen molar-refractivity contribution >= 4 is 11.9 Å². The van der Waals surface area contributed by atoms with E-state index in [1.54, 1.807) is 0 Å². The van der Waals surface area contributed by atoms with Crippen molar-refractivity contribution in [2.45, 2.75) is 97.1 Å². The van der Waals surface area contributed by atoms with Crippen LogP contribution in [0.4, 0.5) is 0 Å². The molecule has 0 heterocycles. The Bertz CT molecular complexity index is 711. The number of allylic oxidation sites excluding steroid dienone is 2. The topological polar surface area (TPSA) is 124 Å². The summed E-state index contributed by atoms with van der Waals surface area (Å²) < 4.78 is 6.00. The van der Waals surface area contributed by atoms with Gasteiger partial charge in [-0.3, -0.25) is 9.59 Å². The van der Waals surface area contributed by atoms with Gasteiger partial charge in [-0.2, -0.15) is 0 Å². The van der Waals surface area contributed by atoms with Gasteiger partial charge in [0, 0.05) is 12.3 Å². The van der Waals surface area contributed by atoms with E-state index in [1.807, 2.05) is 32.9 Å². The van der Waals surface area contributed by atoms with E-state index in [-0.39, 0.29) is 30.1 Å². The molecular formula is C25H40O7. The van der Waals surface area contributed by atoms with Crippen LogP contribution in [0.1, 0.15) is 72.6 Å². The second-order valence-electron chi connectivity index (χ2n) is 10.2. The van der Waals surface area contributed by atoms with E-state index in [0.29, 0.717) is 19.3 Å². The molecule has 0 aromatic heterocycles. The van der Waals surface area contributed by atoms with E-state index in [9.17, 15) is 24.9 Å². The number of carboxylic acid groups (broad SMARTS) is 1. The van der Waals surface area contributed by atoms with Crippen molar-refractivity contribution in [1.82, 2.24) is 0 Å². The molecule has 2 aliphatic carbocycles. The Morgan fingerprint density at radius 1 is 1.25 bits per heavy atom. The highest BCUT2D eigenvalue weighted by Gasteiger charge is 2.43. The van der Waals surface area contributed by atoms with Crippen LogP contribution in [0.3, 0.4) is 0 Å². The van der Waals surface area contributed by atoms with Crippen molar-refractivity contribution in [3.63, 3.8) is 0 Å². The number of aliphatic carboxylic acids is 1. The highest BCUT2D eigenvalue weighted by atomic mass is 16.5. The van der Waals surface area contributed by atoms with Crippen LogP contribution in [0, 0.1) is 23.2 Å². The number of esters is 1. The third-order valence-electron chi connectivity index (χ3n) is 6.85. The largest absolute Gasteiger partial charge is 0.481 e. The number of hydrogen-bond donors (Lipinski definition) is 4. The van der Waals surface area contributed by atoms with Gasteiger partial charge in [0.25, 0.3) is 0 Å². The van der Waals surface area contributed by atoms with Crippen LogP contribution in [0.25, 0.3) is 0 Å². The molecule has 32 heavy (non-hydrogen) atoms. The monoisotopic (exact) mass is 452 g/mol. The first-order chi connectivity index (χ1) is 14.9. The number of rotatable bonds is 11. The molecule has 0 amide bonds. The lowest BCUT2D eigenvalue weighted by atomic mass is 9.66. The van der Waals surface area contributed by atoms with Gasteiger partial charge in [-0.05, 0) is 56.9 Å².